The van der Waals surface area contributed by atoms with Crippen LogP contribution in [-0.2, 0) is 9.53 Å². The molecular weight excluding hydrogens is 430 g/mol. The van der Waals surface area contributed by atoms with E-state index >= 15 is 0 Å². The number of anilines is 3. The van der Waals surface area contributed by atoms with Gasteiger partial charge >= 0.3 is 5.97 Å². The van der Waals surface area contributed by atoms with E-state index in [0.29, 0.717) is 29.4 Å². The van der Waals surface area contributed by atoms with Crippen LogP contribution in [0.5, 0.6) is 0 Å². The predicted octanol–water partition coefficient (Wildman–Crippen LogP) is 5.09. The van der Waals surface area contributed by atoms with Crippen LogP contribution in [0.2, 0.25) is 0 Å². The number of aromatic nitrogens is 2. The van der Waals surface area contributed by atoms with Crippen LogP contribution in [0.3, 0.4) is 0 Å². The van der Waals surface area contributed by atoms with Gasteiger partial charge in [-0.25, -0.2) is 9.97 Å². The molecule has 1 unspecified atom stereocenters. The number of carbonyl (C=O) groups is 1. The molecule has 0 amide bonds. The monoisotopic (exact) mass is 465 g/mol. The summed E-state index contributed by atoms with van der Waals surface area (Å²) < 4.78 is 5.58. The number of rotatable bonds is 10. The Kier molecular flexibility index (Phi) is 8.83. The molecule has 0 bridgehead atoms. The van der Waals surface area contributed by atoms with E-state index in [1.165, 1.54) is 6.20 Å². The van der Waals surface area contributed by atoms with Gasteiger partial charge in [-0.1, -0.05) is 20.8 Å². The van der Waals surface area contributed by atoms with Crippen LogP contribution < -0.4 is 10.2 Å². The number of ether oxygens (including phenoxy) is 1. The van der Waals surface area contributed by atoms with Crippen molar-refractivity contribution in [1.29, 1.82) is 5.26 Å². The average Bonchev–Trinajstić information content (AvgIpc) is 2.82. The summed E-state index contributed by atoms with van der Waals surface area (Å²) in [5.74, 6) is 0.874. The first-order valence-electron chi connectivity index (χ1n) is 11.9. The molecule has 0 spiro atoms. The third kappa shape index (κ3) is 6.67. The molecule has 1 aliphatic carbocycles. The third-order valence-corrected chi connectivity index (χ3v) is 6.34. The molecule has 2 aromatic rings. The topological polar surface area (TPSA) is 111 Å². The number of hydrogen-bond acceptors (Lipinski definition) is 7. The molecule has 1 aliphatic rings. The fraction of sp³-hybridized carbons (Fsp3) is 0.538. The van der Waals surface area contributed by atoms with Crippen LogP contribution in [0.4, 0.5) is 17.3 Å². The summed E-state index contributed by atoms with van der Waals surface area (Å²) in [6.45, 7) is 7.15. The highest BCUT2D eigenvalue weighted by Crippen LogP contribution is 2.35. The average molecular weight is 466 g/mol. The number of hydrogen-bond donors (Lipinski definition) is 2. The molecule has 2 heterocycles. The number of carboxylic acid groups (broad SMARTS) is 1. The van der Waals surface area contributed by atoms with Crippen LogP contribution in [0, 0.1) is 17.2 Å². The smallest absolute Gasteiger partial charge is 0.303 e. The number of pyridine rings is 2. The van der Waals surface area contributed by atoms with E-state index in [4.69, 9.17) is 15.0 Å². The van der Waals surface area contributed by atoms with Crippen LogP contribution in [0.25, 0.3) is 0 Å². The molecule has 0 saturated heterocycles. The zero-order chi connectivity index (χ0) is 24.7. The summed E-state index contributed by atoms with van der Waals surface area (Å²) in [5, 5.41) is 21.7. The number of nitrogens with one attached hydrogen (secondary N) is 1. The minimum atomic E-state index is -0.837. The molecular formula is C26H35N5O3. The Morgan fingerprint density at radius 2 is 1.97 bits per heavy atom. The lowest BCUT2D eigenvalue weighted by molar-refractivity contribution is -0.137. The quantitative estimate of drug-likeness (QED) is 0.499. The van der Waals surface area contributed by atoms with Gasteiger partial charge in [-0.3, -0.25) is 4.79 Å². The highest BCUT2D eigenvalue weighted by atomic mass is 16.5. The van der Waals surface area contributed by atoms with Crippen LogP contribution >= 0.6 is 0 Å². The molecule has 0 aromatic carbocycles. The maximum absolute atomic E-state index is 11.3. The van der Waals surface area contributed by atoms with Gasteiger partial charge < -0.3 is 20.1 Å². The summed E-state index contributed by atoms with van der Waals surface area (Å²) in [7, 11) is 1.78. The largest absolute Gasteiger partial charge is 0.481 e. The van der Waals surface area contributed by atoms with Crippen molar-refractivity contribution < 1.29 is 14.6 Å². The van der Waals surface area contributed by atoms with Crippen molar-refractivity contribution in [2.75, 3.05) is 23.9 Å². The molecule has 0 radical (unpaired) electrons. The lowest BCUT2D eigenvalue weighted by atomic mass is 9.91. The zero-order valence-corrected chi connectivity index (χ0v) is 20.5. The number of nitriles is 1. The lowest BCUT2D eigenvalue weighted by Gasteiger charge is -2.39. The molecule has 182 valence electrons. The Balaban J connectivity index is 1.99. The van der Waals surface area contributed by atoms with Gasteiger partial charge in [-0.05, 0) is 61.3 Å². The fourth-order valence-electron chi connectivity index (χ4n) is 4.51. The molecule has 8 nitrogen and oxygen atoms in total. The van der Waals surface area contributed by atoms with Gasteiger partial charge in [0.1, 0.15) is 11.9 Å². The van der Waals surface area contributed by atoms with E-state index in [-0.39, 0.29) is 12.3 Å². The Morgan fingerprint density at radius 1 is 1.24 bits per heavy atom. The van der Waals surface area contributed by atoms with Gasteiger partial charge in [0.05, 0.1) is 23.8 Å². The summed E-state index contributed by atoms with van der Waals surface area (Å²) >= 11 is 0. The van der Waals surface area contributed by atoms with Crippen molar-refractivity contribution >= 4 is 23.3 Å². The third-order valence-electron chi connectivity index (χ3n) is 6.34. The molecule has 8 heteroatoms. The van der Waals surface area contributed by atoms with Gasteiger partial charge in [0.2, 0.25) is 0 Å². The molecule has 0 aliphatic heterocycles. The SMILES string of the molecule is COC1CCC(N(CC(C)C)c2ncc(C(C)CC(=O)O)cc2Nc2ccc(C#N)cn2)CC1. The van der Waals surface area contributed by atoms with Crippen molar-refractivity contribution in [3.05, 3.63) is 41.7 Å². The molecule has 1 fully saturated rings. The maximum Gasteiger partial charge on any atom is 0.303 e. The van der Waals surface area contributed by atoms with Crippen molar-refractivity contribution in [1.82, 2.24) is 9.97 Å². The summed E-state index contributed by atoms with van der Waals surface area (Å²) in [6.07, 6.45) is 7.76. The van der Waals surface area contributed by atoms with Gasteiger partial charge in [0, 0.05) is 32.1 Å². The second-order valence-corrected chi connectivity index (χ2v) is 9.52. The van der Waals surface area contributed by atoms with Crippen LogP contribution in [0.15, 0.2) is 30.6 Å². The second kappa shape index (κ2) is 11.8. The highest BCUT2D eigenvalue weighted by Gasteiger charge is 2.29. The standard InChI is InChI=1S/C26H35N5O3/c1-17(2)16-31(21-6-8-22(34-4)9-7-21)26-23(30-24-10-5-19(13-27)14-28-24)12-20(15-29-26)18(3)11-25(32)33/h5,10,12,14-15,17-18,21-22H,6-9,11,16H2,1-4H3,(H,28,30)(H,32,33). The first kappa shape index (κ1) is 25.4. The minimum Gasteiger partial charge on any atom is -0.481 e. The van der Waals surface area contributed by atoms with E-state index in [2.05, 4.69) is 35.1 Å². The van der Waals surface area contributed by atoms with E-state index in [1.54, 1.807) is 25.4 Å². The zero-order valence-electron chi connectivity index (χ0n) is 20.5. The summed E-state index contributed by atoms with van der Waals surface area (Å²) in [4.78, 5) is 22.9. The van der Waals surface area contributed by atoms with E-state index in [1.807, 2.05) is 13.0 Å². The van der Waals surface area contributed by atoms with Crippen molar-refractivity contribution in [3.8, 4) is 6.07 Å². The molecule has 2 aromatic heterocycles. The van der Waals surface area contributed by atoms with Gasteiger partial charge in [-0.15, -0.1) is 0 Å². The molecule has 1 saturated carbocycles. The number of methoxy groups -OCH3 is 1. The predicted molar refractivity (Wildman–Crippen MR) is 132 cm³/mol. The molecule has 34 heavy (non-hydrogen) atoms. The first-order valence-corrected chi connectivity index (χ1v) is 11.9. The lowest BCUT2D eigenvalue weighted by Crippen LogP contribution is -2.42. The van der Waals surface area contributed by atoms with Crippen LogP contribution in [-0.4, -0.2) is 46.8 Å². The van der Waals surface area contributed by atoms with Gasteiger partial charge in [0.25, 0.3) is 0 Å². The number of aliphatic carboxylic acids is 1. The highest BCUT2D eigenvalue weighted by molar-refractivity contribution is 5.73. The summed E-state index contributed by atoms with van der Waals surface area (Å²) in [5.41, 5.74) is 2.14. The van der Waals surface area contributed by atoms with E-state index in [9.17, 15) is 9.90 Å². The number of nitrogens with zero attached hydrogens (tertiary/aromatic N) is 4. The maximum atomic E-state index is 11.3. The van der Waals surface area contributed by atoms with E-state index < -0.39 is 5.97 Å². The Bertz CT molecular complexity index is 994. The first-order chi connectivity index (χ1) is 16.3. The van der Waals surface area contributed by atoms with Crippen molar-refractivity contribution in [3.63, 3.8) is 0 Å². The Hall–Kier alpha value is -3.18. The molecule has 3 rings (SSSR count). The van der Waals surface area contributed by atoms with Crippen LogP contribution in [0.1, 0.15) is 69.9 Å². The molecule has 1 atom stereocenters. The second-order valence-electron chi connectivity index (χ2n) is 9.52. The summed E-state index contributed by atoms with van der Waals surface area (Å²) in [6, 6.07) is 7.91. The fourth-order valence-corrected chi connectivity index (χ4v) is 4.51. The van der Waals surface area contributed by atoms with Gasteiger partial charge in [-0.2, -0.15) is 5.26 Å². The molecule has 2 N–H and O–H groups in total. The normalized spacial score (nSPS) is 18.8. The Labute approximate surface area is 202 Å². The number of carboxylic acids is 1. The van der Waals surface area contributed by atoms with Crippen molar-refractivity contribution in [2.45, 2.75) is 70.9 Å². The minimum absolute atomic E-state index is 0.0341. The van der Waals surface area contributed by atoms with Gasteiger partial charge in [0.15, 0.2) is 5.82 Å². The van der Waals surface area contributed by atoms with E-state index in [0.717, 1.165) is 49.3 Å². The van der Waals surface area contributed by atoms with Crippen molar-refractivity contribution in [2.24, 2.45) is 5.92 Å². The Morgan fingerprint density at radius 3 is 2.53 bits per heavy atom.